The maximum Gasteiger partial charge on any atom is 0.352 e. The summed E-state index contributed by atoms with van der Waals surface area (Å²) in [6.07, 6.45) is 3.35. The summed E-state index contributed by atoms with van der Waals surface area (Å²) in [5, 5.41) is 13.9. The molecule has 4 N–H and O–H groups in total. The molecule has 4 aromatic rings. The second-order valence-electron chi connectivity index (χ2n) is 6.57. The number of carbonyl (C=O) groups is 2. The van der Waals surface area contributed by atoms with Crippen molar-refractivity contribution in [2.45, 2.75) is 5.92 Å². The van der Waals surface area contributed by atoms with Gasteiger partial charge < -0.3 is 20.4 Å². The molecular formula is C21H15N3O3. The molecule has 6 nitrogen and oxygen atoms in total. The topological polar surface area (TPSA) is 98.0 Å². The Balaban J connectivity index is 1.82. The van der Waals surface area contributed by atoms with E-state index < -0.39 is 11.9 Å². The molecular weight excluding hydrogens is 342 g/mol. The van der Waals surface area contributed by atoms with E-state index in [1.807, 2.05) is 54.7 Å². The molecule has 1 amide bonds. The number of carboxylic acids is 1. The van der Waals surface area contributed by atoms with Crippen LogP contribution in [0.4, 0.5) is 0 Å². The molecule has 5 rings (SSSR count). The van der Waals surface area contributed by atoms with Crippen LogP contribution in [0.25, 0.3) is 27.9 Å². The first-order chi connectivity index (χ1) is 13.1. The van der Waals surface area contributed by atoms with Crippen molar-refractivity contribution in [3.63, 3.8) is 0 Å². The molecule has 6 heteroatoms. The molecule has 0 spiro atoms. The molecule has 132 valence electrons. The van der Waals surface area contributed by atoms with Crippen molar-refractivity contribution < 1.29 is 14.7 Å². The third-order valence-electron chi connectivity index (χ3n) is 5.04. The van der Waals surface area contributed by atoms with Crippen LogP contribution in [0.3, 0.4) is 0 Å². The monoisotopic (exact) mass is 357 g/mol. The van der Waals surface area contributed by atoms with Gasteiger partial charge >= 0.3 is 5.97 Å². The fourth-order valence-corrected chi connectivity index (χ4v) is 3.83. The lowest BCUT2D eigenvalue weighted by atomic mass is 9.92. The molecule has 1 aliphatic heterocycles. The van der Waals surface area contributed by atoms with Crippen molar-refractivity contribution in [3.05, 3.63) is 77.2 Å². The van der Waals surface area contributed by atoms with Gasteiger partial charge in [0.15, 0.2) is 0 Å². The predicted octanol–water partition coefficient (Wildman–Crippen LogP) is 3.34. The van der Waals surface area contributed by atoms with Gasteiger partial charge in [0.05, 0.1) is 0 Å². The maximum atomic E-state index is 13.1. The van der Waals surface area contributed by atoms with Gasteiger partial charge in [-0.1, -0.05) is 36.4 Å². The zero-order valence-corrected chi connectivity index (χ0v) is 14.1. The predicted molar refractivity (Wildman–Crippen MR) is 102 cm³/mol. The van der Waals surface area contributed by atoms with E-state index in [2.05, 4.69) is 15.3 Å². The normalized spacial score (nSPS) is 16.7. The minimum atomic E-state index is -1.17. The summed E-state index contributed by atoms with van der Waals surface area (Å²) in [6, 6.07) is 15.4. The van der Waals surface area contributed by atoms with Gasteiger partial charge in [-0.25, -0.2) is 4.79 Å². The Hall–Kier alpha value is -3.80. The Morgan fingerprint density at radius 1 is 0.963 bits per heavy atom. The van der Waals surface area contributed by atoms with E-state index in [-0.39, 0.29) is 11.6 Å². The molecule has 27 heavy (non-hydrogen) atoms. The Bertz CT molecular complexity index is 1260. The highest BCUT2D eigenvalue weighted by Gasteiger charge is 2.33. The zero-order valence-electron chi connectivity index (χ0n) is 14.1. The van der Waals surface area contributed by atoms with Gasteiger partial charge in [-0.3, -0.25) is 4.79 Å². The van der Waals surface area contributed by atoms with Gasteiger partial charge in [0.25, 0.3) is 0 Å². The van der Waals surface area contributed by atoms with Gasteiger partial charge in [0, 0.05) is 39.3 Å². The van der Waals surface area contributed by atoms with Crippen LogP contribution >= 0.6 is 0 Å². The number of para-hydroxylation sites is 2. The third kappa shape index (κ3) is 2.27. The van der Waals surface area contributed by atoms with Crippen LogP contribution in [0.1, 0.15) is 22.7 Å². The van der Waals surface area contributed by atoms with E-state index in [1.165, 1.54) is 6.08 Å². The van der Waals surface area contributed by atoms with Crippen LogP contribution in [0.15, 0.2) is 60.4 Å². The molecule has 2 aromatic heterocycles. The first kappa shape index (κ1) is 15.5. The second-order valence-corrected chi connectivity index (χ2v) is 6.57. The van der Waals surface area contributed by atoms with Crippen LogP contribution in [0, 0.1) is 0 Å². The third-order valence-corrected chi connectivity index (χ3v) is 5.04. The summed E-state index contributed by atoms with van der Waals surface area (Å²) in [5.74, 6) is -2.20. The Kier molecular flexibility index (Phi) is 3.21. The number of amides is 1. The average molecular weight is 357 g/mol. The quantitative estimate of drug-likeness (QED) is 0.443. The number of fused-ring (bicyclic) bond motifs is 4. The van der Waals surface area contributed by atoms with Gasteiger partial charge in [-0.2, -0.15) is 0 Å². The molecule has 0 radical (unpaired) electrons. The van der Waals surface area contributed by atoms with Gasteiger partial charge in [-0.15, -0.1) is 0 Å². The number of hydrogen-bond donors (Lipinski definition) is 4. The Morgan fingerprint density at radius 2 is 1.67 bits per heavy atom. The van der Waals surface area contributed by atoms with E-state index in [1.54, 1.807) is 0 Å². The standard InChI is InChI=1S/C21H15N3O3/c25-20-18(14-10-22-15-7-3-1-6-12(14)15)19-13(9-17(24-20)21(26)27)11-5-2-4-8-16(11)23-19/h1-10,18,22-23H,(H,24,25)(H,26,27). The smallest absolute Gasteiger partial charge is 0.352 e. The number of hydrogen-bond acceptors (Lipinski definition) is 2. The number of carboxylic acid groups (broad SMARTS) is 1. The summed E-state index contributed by atoms with van der Waals surface area (Å²) in [4.78, 5) is 31.2. The van der Waals surface area contributed by atoms with Crippen molar-refractivity contribution in [1.82, 2.24) is 15.3 Å². The van der Waals surface area contributed by atoms with E-state index in [4.69, 9.17) is 0 Å². The minimum Gasteiger partial charge on any atom is -0.477 e. The molecule has 0 fully saturated rings. The number of rotatable bonds is 2. The number of aromatic amines is 2. The number of nitrogens with one attached hydrogen (secondary N) is 3. The fourth-order valence-electron chi connectivity index (χ4n) is 3.83. The van der Waals surface area contributed by atoms with Crippen molar-refractivity contribution in [1.29, 1.82) is 0 Å². The van der Waals surface area contributed by atoms with Crippen LogP contribution in [-0.2, 0) is 9.59 Å². The average Bonchev–Trinajstić information content (AvgIpc) is 3.20. The van der Waals surface area contributed by atoms with Gasteiger partial charge in [0.1, 0.15) is 11.6 Å². The second kappa shape index (κ2) is 5.60. The van der Waals surface area contributed by atoms with Crippen LogP contribution < -0.4 is 5.32 Å². The molecule has 3 heterocycles. The highest BCUT2D eigenvalue weighted by molar-refractivity contribution is 6.06. The molecule has 0 aliphatic carbocycles. The summed E-state index contributed by atoms with van der Waals surface area (Å²) >= 11 is 0. The summed E-state index contributed by atoms with van der Waals surface area (Å²) < 4.78 is 0. The minimum absolute atomic E-state index is 0.131. The lowest BCUT2D eigenvalue weighted by Gasteiger charge is -2.14. The Labute approximate surface area is 153 Å². The van der Waals surface area contributed by atoms with E-state index >= 15 is 0 Å². The Morgan fingerprint density at radius 3 is 2.44 bits per heavy atom. The number of carbonyl (C=O) groups excluding carboxylic acids is 1. The first-order valence-corrected chi connectivity index (χ1v) is 8.56. The first-order valence-electron chi connectivity index (χ1n) is 8.56. The van der Waals surface area contributed by atoms with Gasteiger partial charge in [-0.05, 0) is 23.8 Å². The highest BCUT2D eigenvalue weighted by atomic mass is 16.4. The summed E-state index contributed by atoms with van der Waals surface area (Å²) in [6.45, 7) is 0. The van der Waals surface area contributed by atoms with Crippen molar-refractivity contribution >= 4 is 39.8 Å². The maximum absolute atomic E-state index is 13.1. The van der Waals surface area contributed by atoms with Gasteiger partial charge in [0.2, 0.25) is 5.91 Å². The largest absolute Gasteiger partial charge is 0.477 e. The number of aliphatic carboxylic acids is 1. The SMILES string of the molecule is O=C(O)C1=Cc2c([nH]c3ccccc23)C(c2c[nH]c3ccccc23)C(=O)N1. The molecule has 1 aliphatic rings. The molecule has 0 saturated heterocycles. The number of aromatic nitrogens is 2. The molecule has 0 bridgehead atoms. The molecule has 0 saturated carbocycles. The molecule has 1 unspecified atom stereocenters. The van der Waals surface area contributed by atoms with Crippen LogP contribution in [-0.4, -0.2) is 27.0 Å². The van der Waals surface area contributed by atoms with Crippen LogP contribution in [0.5, 0.6) is 0 Å². The van der Waals surface area contributed by atoms with Crippen molar-refractivity contribution in [2.24, 2.45) is 0 Å². The van der Waals surface area contributed by atoms with E-state index in [0.29, 0.717) is 5.69 Å². The summed E-state index contributed by atoms with van der Waals surface area (Å²) in [5.41, 5.74) is 3.87. The number of benzene rings is 2. The summed E-state index contributed by atoms with van der Waals surface area (Å²) in [7, 11) is 0. The fraction of sp³-hybridized carbons (Fsp3) is 0.0476. The number of H-pyrrole nitrogens is 2. The van der Waals surface area contributed by atoms with Crippen LogP contribution in [0.2, 0.25) is 0 Å². The molecule has 2 aromatic carbocycles. The lowest BCUT2D eigenvalue weighted by Crippen LogP contribution is -2.31. The zero-order chi connectivity index (χ0) is 18.5. The highest BCUT2D eigenvalue weighted by Crippen LogP contribution is 2.38. The lowest BCUT2D eigenvalue weighted by molar-refractivity contribution is -0.134. The molecule has 1 atom stereocenters. The van der Waals surface area contributed by atoms with Crippen molar-refractivity contribution in [3.8, 4) is 0 Å². The van der Waals surface area contributed by atoms with Crippen molar-refractivity contribution in [2.75, 3.05) is 0 Å². The van der Waals surface area contributed by atoms with E-state index in [0.717, 1.165) is 32.9 Å². The van der Waals surface area contributed by atoms with E-state index in [9.17, 15) is 14.7 Å².